The molecule has 2 heterocycles. The summed E-state index contributed by atoms with van der Waals surface area (Å²) in [5, 5.41) is 58.4. The number of aliphatic hydroxyl groups is 5. The van der Waals surface area contributed by atoms with Crippen LogP contribution < -0.4 is 33.6 Å². The fourth-order valence-corrected chi connectivity index (χ4v) is 5.42. The van der Waals surface area contributed by atoms with E-state index >= 15 is 0 Å². The predicted molar refractivity (Wildman–Crippen MR) is 157 cm³/mol. The first-order chi connectivity index (χ1) is 20.8. The summed E-state index contributed by atoms with van der Waals surface area (Å²) in [4.78, 5) is 16.6. The minimum atomic E-state index is -1.46. The second kappa shape index (κ2) is 17.0. The number of amides is 1. The lowest BCUT2D eigenvalue weighted by Gasteiger charge is -2.47. The summed E-state index contributed by atoms with van der Waals surface area (Å²) in [6.07, 6.45) is -5.32. The van der Waals surface area contributed by atoms with Gasteiger partial charge in [-0.1, -0.05) is 0 Å². The molecule has 3 aliphatic rings. The molecular weight excluding hydrogens is 582 g/mol. The highest BCUT2D eigenvalue weighted by Gasteiger charge is 2.49. The van der Waals surface area contributed by atoms with Gasteiger partial charge in [-0.3, -0.25) is 9.79 Å². The minimum Gasteiger partial charge on any atom is -0.468 e. The molecule has 0 bridgehead atoms. The highest BCUT2D eigenvalue weighted by atomic mass is 16.7. The summed E-state index contributed by atoms with van der Waals surface area (Å²) in [5.74, 6) is -0.320. The maximum atomic E-state index is 12.8. The maximum Gasteiger partial charge on any atom is 0.249 e. The standard InChI is InChI=1S/C27H51N7O10/c1-27(40)10-19(37)25(41-13-27)44-23-17(34-24(39)18(36)6-8-33-26(30)31)9-16(29)22(21(23)38)43-20-4-2-3-15(42-20)12-32-11-14(35)5-7-28/h3,14,16-23,25,32,35-38,40H,2,4-13,28-29H2,1H3,(H,34,39)(H4,30,31,33)/t14?,16?,17?,18?,19?,20-,21?,22-,23+,25?,27-/m1/s1. The molecule has 3 rings (SSSR count). The number of aliphatic hydroxyl groups excluding tert-OH is 4. The Morgan fingerprint density at radius 3 is 2.66 bits per heavy atom. The zero-order valence-electron chi connectivity index (χ0n) is 25.2. The molecule has 17 heteroatoms. The molecule has 0 radical (unpaired) electrons. The van der Waals surface area contributed by atoms with Crippen LogP contribution in [0.3, 0.4) is 0 Å². The van der Waals surface area contributed by atoms with Crippen molar-refractivity contribution in [1.29, 1.82) is 0 Å². The molecule has 2 aliphatic heterocycles. The van der Waals surface area contributed by atoms with Crippen LogP contribution in [0.5, 0.6) is 0 Å². The third-order valence-corrected chi connectivity index (χ3v) is 7.70. The quantitative estimate of drug-likeness (QED) is 0.0599. The third kappa shape index (κ3) is 11.0. The Labute approximate surface area is 256 Å². The van der Waals surface area contributed by atoms with Crippen LogP contribution in [0.1, 0.15) is 45.4 Å². The van der Waals surface area contributed by atoms with E-state index in [0.717, 1.165) is 0 Å². The number of nitrogens with zero attached hydrogens (tertiary/aromatic N) is 1. The Morgan fingerprint density at radius 2 is 1.98 bits per heavy atom. The molecule has 44 heavy (non-hydrogen) atoms. The van der Waals surface area contributed by atoms with E-state index in [1.807, 2.05) is 6.08 Å². The van der Waals surface area contributed by atoms with Crippen LogP contribution >= 0.6 is 0 Å². The molecule has 1 saturated heterocycles. The molecule has 15 N–H and O–H groups in total. The number of nitrogens with one attached hydrogen (secondary N) is 2. The lowest BCUT2D eigenvalue weighted by molar-refractivity contribution is -0.297. The number of carbonyl (C=O) groups is 1. The van der Waals surface area contributed by atoms with Crippen molar-refractivity contribution in [2.75, 3.05) is 32.8 Å². The first-order valence-corrected chi connectivity index (χ1v) is 15.0. The van der Waals surface area contributed by atoms with Gasteiger partial charge in [0.05, 0.1) is 30.9 Å². The van der Waals surface area contributed by atoms with E-state index in [-0.39, 0.29) is 38.4 Å². The Bertz CT molecular complexity index is 969. The zero-order chi connectivity index (χ0) is 32.4. The molecular formula is C27H51N7O10. The van der Waals surface area contributed by atoms with E-state index in [1.54, 1.807) is 0 Å². The molecule has 2 fully saturated rings. The number of ether oxygens (including phenoxy) is 4. The lowest BCUT2D eigenvalue weighted by atomic mass is 9.83. The van der Waals surface area contributed by atoms with Crippen molar-refractivity contribution in [2.45, 2.75) is 112 Å². The number of rotatable bonds is 15. The van der Waals surface area contributed by atoms with Gasteiger partial charge in [0.15, 0.2) is 18.5 Å². The van der Waals surface area contributed by atoms with Crippen molar-refractivity contribution in [3.63, 3.8) is 0 Å². The molecule has 1 aliphatic carbocycles. The largest absolute Gasteiger partial charge is 0.468 e. The summed E-state index contributed by atoms with van der Waals surface area (Å²) in [5.41, 5.74) is 21.2. The SMILES string of the molecule is C[C@]1(O)COC(O[C@H]2C(NC(=O)C(O)CCN=C(N)N)CC(N)[C@@H](O[C@@H]3CCC=C(CNCC(O)CCN)O3)C2O)C(O)C1. The first kappa shape index (κ1) is 36.3. The van der Waals surface area contributed by atoms with Crippen molar-refractivity contribution in [3.05, 3.63) is 11.8 Å². The van der Waals surface area contributed by atoms with Crippen molar-refractivity contribution in [1.82, 2.24) is 10.6 Å². The van der Waals surface area contributed by atoms with Crippen LogP contribution in [-0.4, -0.2) is 137 Å². The number of aliphatic imine (C=N–C) groups is 1. The van der Waals surface area contributed by atoms with Crippen molar-refractivity contribution >= 4 is 11.9 Å². The topological polar surface area (TPSA) is 296 Å². The second-order valence-corrected chi connectivity index (χ2v) is 11.9. The number of nitrogens with two attached hydrogens (primary N) is 4. The van der Waals surface area contributed by atoms with Gasteiger partial charge in [0.2, 0.25) is 5.91 Å². The summed E-state index contributed by atoms with van der Waals surface area (Å²) in [7, 11) is 0. The summed E-state index contributed by atoms with van der Waals surface area (Å²) in [6.45, 7) is 2.48. The summed E-state index contributed by atoms with van der Waals surface area (Å²) in [6, 6.07) is -1.69. The maximum absolute atomic E-state index is 12.8. The summed E-state index contributed by atoms with van der Waals surface area (Å²) < 4.78 is 23.7. The van der Waals surface area contributed by atoms with E-state index in [4.69, 9.17) is 41.9 Å². The smallest absolute Gasteiger partial charge is 0.249 e. The van der Waals surface area contributed by atoms with Gasteiger partial charge >= 0.3 is 0 Å². The third-order valence-electron chi connectivity index (χ3n) is 7.70. The molecule has 7 unspecified atom stereocenters. The number of allylic oxidation sites excluding steroid dienone is 1. The Balaban J connectivity index is 1.67. The normalized spacial score (nSPS) is 35.6. The molecule has 1 saturated carbocycles. The molecule has 0 aromatic heterocycles. The van der Waals surface area contributed by atoms with E-state index in [0.29, 0.717) is 44.7 Å². The number of guanidine groups is 1. The lowest BCUT2D eigenvalue weighted by Crippen LogP contribution is -2.67. The Morgan fingerprint density at radius 1 is 1.23 bits per heavy atom. The minimum absolute atomic E-state index is 0.0171. The van der Waals surface area contributed by atoms with Crippen molar-refractivity contribution in [3.8, 4) is 0 Å². The monoisotopic (exact) mass is 633 g/mol. The van der Waals surface area contributed by atoms with E-state index in [2.05, 4.69) is 15.6 Å². The number of hydrogen-bond donors (Lipinski definition) is 11. The first-order valence-electron chi connectivity index (χ1n) is 15.0. The molecule has 0 spiro atoms. The van der Waals surface area contributed by atoms with Crippen LogP contribution in [0.15, 0.2) is 16.8 Å². The van der Waals surface area contributed by atoms with Crippen LogP contribution in [0.4, 0.5) is 0 Å². The van der Waals surface area contributed by atoms with Gasteiger partial charge in [-0.25, -0.2) is 0 Å². The van der Waals surface area contributed by atoms with E-state index < -0.39 is 72.8 Å². The van der Waals surface area contributed by atoms with E-state index in [9.17, 15) is 30.3 Å². The molecule has 1 amide bonds. The van der Waals surface area contributed by atoms with Gasteiger partial charge in [-0.2, -0.15) is 0 Å². The average Bonchev–Trinajstić information content (AvgIpc) is 2.94. The number of carbonyl (C=O) groups excluding carboxylic acids is 1. The molecule has 0 aromatic carbocycles. The second-order valence-electron chi connectivity index (χ2n) is 11.9. The molecule has 11 atom stereocenters. The highest BCUT2D eigenvalue weighted by Crippen LogP contribution is 2.32. The molecule has 0 aromatic rings. The Kier molecular flexibility index (Phi) is 14.0. The van der Waals surface area contributed by atoms with Crippen LogP contribution in [-0.2, 0) is 23.7 Å². The van der Waals surface area contributed by atoms with Crippen molar-refractivity contribution in [2.24, 2.45) is 27.9 Å². The van der Waals surface area contributed by atoms with Gasteiger partial charge in [0, 0.05) is 38.4 Å². The van der Waals surface area contributed by atoms with Crippen LogP contribution in [0.2, 0.25) is 0 Å². The van der Waals surface area contributed by atoms with Gasteiger partial charge in [0.25, 0.3) is 0 Å². The molecule has 17 nitrogen and oxygen atoms in total. The highest BCUT2D eigenvalue weighted by molar-refractivity contribution is 5.81. The van der Waals surface area contributed by atoms with Crippen LogP contribution in [0, 0.1) is 0 Å². The molecule has 254 valence electrons. The van der Waals surface area contributed by atoms with Gasteiger partial charge in [-0.05, 0) is 38.8 Å². The van der Waals surface area contributed by atoms with Gasteiger partial charge in [0.1, 0.15) is 36.3 Å². The predicted octanol–water partition coefficient (Wildman–Crippen LogP) is -4.46. The van der Waals surface area contributed by atoms with Gasteiger partial charge in [-0.15, -0.1) is 0 Å². The average molecular weight is 634 g/mol. The van der Waals surface area contributed by atoms with Crippen molar-refractivity contribution < 1.29 is 49.3 Å². The fourth-order valence-electron chi connectivity index (χ4n) is 5.42. The zero-order valence-corrected chi connectivity index (χ0v) is 25.2. The van der Waals surface area contributed by atoms with Crippen LogP contribution in [0.25, 0.3) is 0 Å². The Hall–Kier alpha value is -2.16. The van der Waals surface area contributed by atoms with Gasteiger partial charge < -0.3 is 78.0 Å². The van der Waals surface area contributed by atoms with E-state index in [1.165, 1.54) is 6.92 Å². The summed E-state index contributed by atoms with van der Waals surface area (Å²) >= 11 is 0. The number of hydrogen-bond acceptors (Lipinski definition) is 14. The fraction of sp³-hybridized carbons (Fsp3) is 0.852.